The van der Waals surface area contributed by atoms with E-state index in [0.29, 0.717) is 25.2 Å². The normalized spacial score (nSPS) is 16.4. The summed E-state index contributed by atoms with van der Waals surface area (Å²) in [6, 6.07) is 4.96. The first-order chi connectivity index (χ1) is 8.58. The molecule has 1 amide bonds. The highest BCUT2D eigenvalue weighted by molar-refractivity contribution is 7.80. The first kappa shape index (κ1) is 12.9. The Kier molecular flexibility index (Phi) is 3.88. The molecule has 2 rings (SSSR count). The molecule has 6 heteroatoms. The number of thiocarbonyl (C=S) groups is 1. The van der Waals surface area contributed by atoms with Crippen molar-refractivity contribution in [3.63, 3.8) is 0 Å². The minimum absolute atomic E-state index is 0.0350. The number of amides is 1. The fourth-order valence-electron chi connectivity index (χ4n) is 1.96. The molecule has 1 heterocycles. The zero-order valence-corrected chi connectivity index (χ0v) is 10.6. The molecule has 1 aliphatic rings. The van der Waals surface area contributed by atoms with Crippen LogP contribution in [0.5, 0.6) is 0 Å². The third kappa shape index (κ3) is 2.83. The molecule has 18 heavy (non-hydrogen) atoms. The molecule has 0 aromatic heterocycles. The van der Waals surface area contributed by atoms with Crippen molar-refractivity contribution >= 4 is 23.1 Å². The summed E-state index contributed by atoms with van der Waals surface area (Å²) in [5.41, 5.74) is 6.22. The molecule has 1 aromatic rings. The van der Waals surface area contributed by atoms with Crippen molar-refractivity contribution in [1.82, 2.24) is 10.2 Å². The first-order valence-corrected chi connectivity index (χ1v) is 6.05. The van der Waals surface area contributed by atoms with E-state index in [4.69, 9.17) is 18.0 Å². The van der Waals surface area contributed by atoms with Crippen LogP contribution < -0.4 is 11.1 Å². The summed E-state index contributed by atoms with van der Waals surface area (Å²) in [6.07, 6.45) is 0. The van der Waals surface area contributed by atoms with Gasteiger partial charge in [-0.1, -0.05) is 24.4 Å². The van der Waals surface area contributed by atoms with Crippen LogP contribution in [0.15, 0.2) is 18.2 Å². The average Bonchev–Trinajstić information content (AvgIpc) is 2.31. The van der Waals surface area contributed by atoms with Gasteiger partial charge >= 0.3 is 0 Å². The number of hydrogen-bond acceptors (Lipinski definition) is 3. The molecule has 0 bridgehead atoms. The number of nitrogens with two attached hydrogens (primary N) is 1. The Morgan fingerprint density at radius 1 is 1.56 bits per heavy atom. The summed E-state index contributed by atoms with van der Waals surface area (Å²) in [5, 5.41) is 2.73. The number of hydrogen-bond donors (Lipinski definition) is 2. The van der Waals surface area contributed by atoms with Crippen molar-refractivity contribution in [2.45, 2.75) is 6.54 Å². The van der Waals surface area contributed by atoms with E-state index >= 15 is 0 Å². The molecule has 3 N–H and O–H groups in total. The third-order valence-electron chi connectivity index (χ3n) is 2.86. The lowest BCUT2D eigenvalue weighted by atomic mass is 10.1. The fourth-order valence-corrected chi connectivity index (χ4v) is 2.12. The third-order valence-corrected chi connectivity index (χ3v) is 3.08. The summed E-state index contributed by atoms with van der Waals surface area (Å²) >= 11 is 4.79. The highest BCUT2D eigenvalue weighted by Crippen LogP contribution is 2.15. The molecule has 1 saturated heterocycles. The molecule has 0 saturated carbocycles. The smallest absolute Gasteiger partial charge is 0.234 e. The van der Waals surface area contributed by atoms with Crippen LogP contribution in [-0.2, 0) is 11.3 Å². The van der Waals surface area contributed by atoms with Gasteiger partial charge in [-0.15, -0.1) is 0 Å². The summed E-state index contributed by atoms with van der Waals surface area (Å²) in [5.74, 6) is -0.428. The quantitative estimate of drug-likeness (QED) is 0.778. The number of nitrogens with one attached hydrogen (secondary N) is 1. The molecule has 0 radical (unpaired) electrons. The SMILES string of the molecule is NC(=S)c1cccc(CN2CCNC(=O)C2)c1F. The van der Waals surface area contributed by atoms with Gasteiger partial charge in [0.1, 0.15) is 10.8 Å². The van der Waals surface area contributed by atoms with E-state index in [0.717, 1.165) is 0 Å². The monoisotopic (exact) mass is 267 g/mol. The lowest BCUT2D eigenvalue weighted by molar-refractivity contribution is -0.124. The highest BCUT2D eigenvalue weighted by Gasteiger charge is 2.18. The zero-order valence-electron chi connectivity index (χ0n) is 9.78. The molecule has 1 fully saturated rings. The molecule has 1 aliphatic heterocycles. The molecule has 0 unspecified atom stereocenters. The Hall–Kier alpha value is -1.53. The number of piperazine rings is 1. The van der Waals surface area contributed by atoms with Gasteiger partial charge in [0.25, 0.3) is 0 Å². The summed E-state index contributed by atoms with van der Waals surface area (Å²) < 4.78 is 14.1. The first-order valence-electron chi connectivity index (χ1n) is 5.64. The van der Waals surface area contributed by atoms with Crippen molar-refractivity contribution in [2.24, 2.45) is 5.73 Å². The van der Waals surface area contributed by atoms with Gasteiger partial charge in [-0.25, -0.2) is 4.39 Å². The number of nitrogens with zero attached hydrogens (tertiary/aromatic N) is 1. The zero-order chi connectivity index (χ0) is 13.1. The number of halogens is 1. The summed E-state index contributed by atoms with van der Waals surface area (Å²) in [6.45, 7) is 1.98. The number of benzene rings is 1. The second kappa shape index (κ2) is 5.41. The van der Waals surface area contributed by atoms with E-state index in [-0.39, 0.29) is 23.0 Å². The molecule has 4 nitrogen and oxygen atoms in total. The molecule has 0 aliphatic carbocycles. The van der Waals surface area contributed by atoms with Gasteiger partial charge in [-0.2, -0.15) is 0 Å². The number of rotatable bonds is 3. The summed E-state index contributed by atoms with van der Waals surface area (Å²) in [7, 11) is 0. The van der Waals surface area contributed by atoms with Crippen molar-refractivity contribution in [3.8, 4) is 0 Å². The topological polar surface area (TPSA) is 58.4 Å². The van der Waals surface area contributed by atoms with Gasteiger partial charge < -0.3 is 11.1 Å². The molecule has 1 aromatic carbocycles. The number of carbonyl (C=O) groups is 1. The fraction of sp³-hybridized carbons (Fsp3) is 0.333. The van der Waals surface area contributed by atoms with Crippen LogP contribution in [0.1, 0.15) is 11.1 Å². The van der Waals surface area contributed by atoms with Crippen molar-refractivity contribution in [1.29, 1.82) is 0 Å². The Morgan fingerprint density at radius 3 is 3.00 bits per heavy atom. The second-order valence-corrected chi connectivity index (χ2v) is 4.64. The lowest BCUT2D eigenvalue weighted by Crippen LogP contribution is -2.47. The minimum Gasteiger partial charge on any atom is -0.389 e. The molecular formula is C12H14FN3OS. The molecular weight excluding hydrogens is 253 g/mol. The molecule has 96 valence electrons. The maximum atomic E-state index is 14.1. The average molecular weight is 267 g/mol. The predicted octanol–water partition coefficient (Wildman–Crippen LogP) is 0.392. The Balaban J connectivity index is 2.16. The second-order valence-electron chi connectivity index (χ2n) is 4.20. The maximum Gasteiger partial charge on any atom is 0.234 e. The Morgan fingerprint density at radius 2 is 2.33 bits per heavy atom. The molecule has 0 spiro atoms. The van der Waals surface area contributed by atoms with Crippen molar-refractivity contribution in [2.75, 3.05) is 19.6 Å². The highest BCUT2D eigenvalue weighted by atomic mass is 32.1. The number of carbonyl (C=O) groups excluding carboxylic acids is 1. The van der Waals surface area contributed by atoms with Crippen molar-refractivity contribution < 1.29 is 9.18 Å². The standard InChI is InChI=1S/C12H14FN3OS/c13-11-8(2-1-3-9(11)12(14)18)6-16-5-4-15-10(17)7-16/h1-3H,4-7H2,(H2,14,18)(H,15,17). The van der Waals surface area contributed by atoms with Gasteiger partial charge in [-0.3, -0.25) is 9.69 Å². The largest absolute Gasteiger partial charge is 0.389 e. The van der Waals surface area contributed by atoms with Gasteiger partial charge in [0.05, 0.1) is 6.54 Å². The summed E-state index contributed by atoms with van der Waals surface area (Å²) in [4.78, 5) is 13.2. The van der Waals surface area contributed by atoms with Crippen LogP contribution in [0.25, 0.3) is 0 Å². The lowest BCUT2D eigenvalue weighted by Gasteiger charge is -2.26. The molecule has 0 atom stereocenters. The van der Waals surface area contributed by atoms with E-state index in [2.05, 4.69) is 5.32 Å². The van der Waals surface area contributed by atoms with Gasteiger partial charge in [0, 0.05) is 30.8 Å². The van der Waals surface area contributed by atoms with E-state index < -0.39 is 5.82 Å². The van der Waals surface area contributed by atoms with Crippen LogP contribution >= 0.6 is 12.2 Å². The van der Waals surface area contributed by atoms with E-state index in [1.54, 1.807) is 18.2 Å². The van der Waals surface area contributed by atoms with E-state index in [9.17, 15) is 9.18 Å². The van der Waals surface area contributed by atoms with Crippen LogP contribution in [0, 0.1) is 5.82 Å². The van der Waals surface area contributed by atoms with Gasteiger partial charge in [0.15, 0.2) is 0 Å². The van der Waals surface area contributed by atoms with Crippen LogP contribution in [-0.4, -0.2) is 35.4 Å². The van der Waals surface area contributed by atoms with Gasteiger partial charge in [-0.05, 0) is 6.07 Å². The van der Waals surface area contributed by atoms with Crippen LogP contribution in [0.3, 0.4) is 0 Å². The van der Waals surface area contributed by atoms with Crippen LogP contribution in [0.2, 0.25) is 0 Å². The predicted molar refractivity (Wildman–Crippen MR) is 70.6 cm³/mol. The van der Waals surface area contributed by atoms with Crippen molar-refractivity contribution in [3.05, 3.63) is 35.1 Å². The van der Waals surface area contributed by atoms with E-state index in [1.807, 2.05) is 4.90 Å². The maximum absolute atomic E-state index is 14.1. The van der Waals surface area contributed by atoms with Crippen LogP contribution in [0.4, 0.5) is 4.39 Å². The Labute approximate surface area is 110 Å². The van der Waals surface area contributed by atoms with E-state index in [1.165, 1.54) is 0 Å². The Bertz CT molecular complexity index is 492. The minimum atomic E-state index is -0.393. The van der Waals surface area contributed by atoms with Gasteiger partial charge in [0.2, 0.25) is 5.91 Å².